The van der Waals surface area contributed by atoms with Crippen molar-refractivity contribution in [2.24, 2.45) is 10.7 Å². The molecule has 6 rings (SSSR count). The van der Waals surface area contributed by atoms with Crippen LogP contribution in [0.5, 0.6) is 0 Å². The number of hydrogen-bond donors (Lipinski definition) is 1. The van der Waals surface area contributed by atoms with Gasteiger partial charge in [-0.1, -0.05) is 54.3 Å². The Bertz CT molecular complexity index is 1260. The molecule has 2 amide bonds. The lowest BCUT2D eigenvalue weighted by Gasteiger charge is -2.30. The molecule has 0 fully saturated rings. The second-order valence-electron chi connectivity index (χ2n) is 8.42. The van der Waals surface area contributed by atoms with Crippen LogP contribution in [-0.2, 0) is 9.59 Å². The lowest BCUT2D eigenvalue weighted by atomic mass is 9.93. The van der Waals surface area contributed by atoms with Crippen molar-refractivity contribution in [3.63, 3.8) is 0 Å². The number of thioether (sulfide) groups is 1. The maximum Gasteiger partial charge on any atom is 0.279 e. The number of aliphatic imine (C=N–C) groups is 1. The average Bonchev–Trinajstić information content (AvgIpc) is 3.46. The number of fused-ring (bicyclic) bond motifs is 5. The van der Waals surface area contributed by atoms with Gasteiger partial charge in [0, 0.05) is 36.8 Å². The van der Waals surface area contributed by atoms with Gasteiger partial charge in [-0.2, -0.15) is 0 Å². The van der Waals surface area contributed by atoms with Crippen LogP contribution in [0.25, 0.3) is 0 Å². The zero-order valence-electron chi connectivity index (χ0n) is 18.1. The molecule has 166 valence electrons. The predicted molar refractivity (Wildman–Crippen MR) is 129 cm³/mol. The molecule has 2 unspecified atom stereocenters. The monoisotopic (exact) mass is 457 g/mol. The summed E-state index contributed by atoms with van der Waals surface area (Å²) < 4.78 is 0. The van der Waals surface area contributed by atoms with E-state index in [1.165, 1.54) is 16.7 Å². The van der Waals surface area contributed by atoms with Crippen molar-refractivity contribution in [3.8, 4) is 0 Å². The lowest BCUT2D eigenvalue weighted by Crippen LogP contribution is -2.39. The summed E-state index contributed by atoms with van der Waals surface area (Å²) in [6, 6.07) is -0.195. The number of nitrogens with two attached hydrogens (primary N) is 1. The first-order valence-electron chi connectivity index (χ1n) is 11.0. The van der Waals surface area contributed by atoms with E-state index < -0.39 is 0 Å². The number of hydrogen-bond acceptors (Lipinski definition) is 6. The molecule has 0 aromatic carbocycles. The standard InChI is InChI=1S/C25H23N5O2S/c1-27-25(26)33-13-5-11-29-23(31)21-22(24(29)32)30-18-9-3-2-6-16(18)14-19(30)17-8-4-7-15-10-12-28(21)20(15)17/h2-4,6-10,12,14,18,20H,5,11,13H2,1H3,(H2,26,27). The first kappa shape index (κ1) is 20.1. The molecule has 33 heavy (non-hydrogen) atoms. The Morgan fingerprint density at radius 1 is 1.09 bits per heavy atom. The minimum Gasteiger partial charge on any atom is -0.379 e. The number of carbonyl (C=O) groups excluding carboxylic acids is 2. The van der Waals surface area contributed by atoms with Gasteiger partial charge in [-0.05, 0) is 29.7 Å². The number of amidine groups is 1. The zero-order chi connectivity index (χ0) is 22.7. The fourth-order valence-electron chi connectivity index (χ4n) is 5.20. The van der Waals surface area contributed by atoms with Crippen LogP contribution in [-0.4, -0.2) is 63.1 Å². The van der Waals surface area contributed by atoms with E-state index in [1.807, 2.05) is 35.4 Å². The van der Waals surface area contributed by atoms with E-state index in [0.29, 0.717) is 35.3 Å². The van der Waals surface area contributed by atoms with E-state index in [1.54, 1.807) is 7.05 Å². The van der Waals surface area contributed by atoms with Gasteiger partial charge in [-0.3, -0.25) is 19.5 Å². The molecule has 8 heteroatoms. The summed E-state index contributed by atoms with van der Waals surface area (Å²) in [6.45, 7) is 0.347. The third kappa shape index (κ3) is 2.87. The van der Waals surface area contributed by atoms with E-state index in [4.69, 9.17) is 5.73 Å². The summed E-state index contributed by atoms with van der Waals surface area (Å²) in [6.07, 6.45) is 21.2. The summed E-state index contributed by atoms with van der Waals surface area (Å²) >= 11 is 1.43. The summed E-state index contributed by atoms with van der Waals surface area (Å²) in [5.41, 5.74) is 11.0. The maximum absolute atomic E-state index is 13.8. The largest absolute Gasteiger partial charge is 0.379 e. The molecule has 4 heterocycles. The van der Waals surface area contributed by atoms with Crippen molar-refractivity contribution in [1.29, 1.82) is 0 Å². The van der Waals surface area contributed by atoms with Crippen molar-refractivity contribution in [2.75, 3.05) is 19.3 Å². The number of carbonyl (C=O) groups is 2. The van der Waals surface area contributed by atoms with Crippen LogP contribution in [0.3, 0.4) is 0 Å². The summed E-state index contributed by atoms with van der Waals surface area (Å²) in [5, 5.41) is 0.505. The molecule has 0 saturated heterocycles. The number of nitrogens with zero attached hydrogens (tertiary/aromatic N) is 4. The van der Waals surface area contributed by atoms with Gasteiger partial charge in [-0.25, -0.2) is 0 Å². The number of imide groups is 1. The molecule has 2 aliphatic carbocycles. The fraction of sp³-hybridized carbons (Fsp3) is 0.240. The summed E-state index contributed by atoms with van der Waals surface area (Å²) in [4.78, 5) is 36.8. The third-order valence-electron chi connectivity index (χ3n) is 6.67. The van der Waals surface area contributed by atoms with Crippen LogP contribution in [0.1, 0.15) is 6.42 Å². The van der Waals surface area contributed by atoms with Crippen LogP contribution in [0.4, 0.5) is 0 Å². The predicted octanol–water partition coefficient (Wildman–Crippen LogP) is 2.33. The van der Waals surface area contributed by atoms with Gasteiger partial charge in [0.15, 0.2) is 5.17 Å². The molecule has 0 saturated carbocycles. The topological polar surface area (TPSA) is 82.2 Å². The third-order valence-corrected chi connectivity index (χ3v) is 7.64. The maximum atomic E-state index is 13.8. The van der Waals surface area contributed by atoms with Crippen LogP contribution in [0.15, 0.2) is 99.7 Å². The summed E-state index contributed by atoms with van der Waals surface area (Å²) in [5.74, 6) is 0.221. The van der Waals surface area contributed by atoms with Crippen LogP contribution >= 0.6 is 11.8 Å². The Morgan fingerprint density at radius 2 is 1.94 bits per heavy atom. The minimum absolute atomic E-state index is 0.0953. The van der Waals surface area contributed by atoms with Crippen molar-refractivity contribution >= 4 is 28.7 Å². The highest BCUT2D eigenvalue weighted by Crippen LogP contribution is 2.47. The smallest absolute Gasteiger partial charge is 0.279 e. The van der Waals surface area contributed by atoms with Crippen molar-refractivity contribution in [3.05, 3.63) is 94.7 Å². The zero-order valence-corrected chi connectivity index (χ0v) is 19.0. The molecule has 7 nitrogen and oxygen atoms in total. The normalized spacial score (nSPS) is 26.7. The molecule has 0 radical (unpaired) electrons. The quantitative estimate of drug-likeness (QED) is 0.302. The molecule has 0 aromatic heterocycles. The van der Waals surface area contributed by atoms with Gasteiger partial charge in [0.2, 0.25) is 0 Å². The van der Waals surface area contributed by atoms with Crippen molar-refractivity contribution in [2.45, 2.75) is 18.5 Å². The van der Waals surface area contributed by atoms with Gasteiger partial charge in [0.25, 0.3) is 11.8 Å². The Balaban J connectivity index is 1.41. The van der Waals surface area contributed by atoms with Crippen LogP contribution in [0.2, 0.25) is 0 Å². The molecule has 2 N–H and O–H groups in total. The number of amides is 2. The first-order valence-corrected chi connectivity index (χ1v) is 12.0. The number of rotatable bonds is 4. The molecular weight excluding hydrogens is 434 g/mol. The van der Waals surface area contributed by atoms with E-state index in [-0.39, 0.29) is 23.9 Å². The second-order valence-corrected chi connectivity index (χ2v) is 9.53. The molecule has 2 atom stereocenters. The lowest BCUT2D eigenvalue weighted by molar-refractivity contribution is -0.138. The Hall–Kier alpha value is -3.52. The van der Waals surface area contributed by atoms with Crippen molar-refractivity contribution in [1.82, 2.24) is 14.7 Å². The van der Waals surface area contributed by atoms with Crippen LogP contribution < -0.4 is 5.73 Å². The van der Waals surface area contributed by atoms with Gasteiger partial charge in [0.05, 0.1) is 12.1 Å². The van der Waals surface area contributed by atoms with Crippen LogP contribution in [0, 0.1) is 0 Å². The van der Waals surface area contributed by atoms with Crippen molar-refractivity contribution < 1.29 is 9.59 Å². The first-order chi connectivity index (χ1) is 16.1. The second kappa shape index (κ2) is 7.52. The highest BCUT2D eigenvalue weighted by Gasteiger charge is 2.52. The number of allylic oxidation sites excluding steroid dienone is 5. The SMILES string of the molecule is CN=C(N)SCCCN1C(=O)C2=C(C1=O)N1C(=C3C=CC=C4C=CN2C43)C=C2C=CC=CC21. The van der Waals surface area contributed by atoms with E-state index in [9.17, 15) is 9.59 Å². The van der Waals surface area contributed by atoms with Gasteiger partial charge in [0.1, 0.15) is 11.4 Å². The van der Waals surface area contributed by atoms with Gasteiger partial charge >= 0.3 is 0 Å². The molecule has 0 bridgehead atoms. The molecule has 0 aromatic rings. The molecule has 0 spiro atoms. The Labute approximate surface area is 196 Å². The Kier molecular flexibility index (Phi) is 4.58. The van der Waals surface area contributed by atoms with E-state index in [0.717, 1.165) is 22.4 Å². The van der Waals surface area contributed by atoms with Gasteiger partial charge < -0.3 is 15.5 Å². The van der Waals surface area contributed by atoms with Gasteiger partial charge in [-0.15, -0.1) is 0 Å². The Morgan fingerprint density at radius 3 is 2.79 bits per heavy atom. The van der Waals surface area contributed by atoms with E-state index in [2.05, 4.69) is 40.3 Å². The highest BCUT2D eigenvalue weighted by molar-refractivity contribution is 8.13. The minimum atomic E-state index is -0.235. The summed E-state index contributed by atoms with van der Waals surface area (Å²) in [7, 11) is 1.65. The van der Waals surface area contributed by atoms with E-state index >= 15 is 0 Å². The molecule has 4 aliphatic heterocycles. The highest BCUT2D eigenvalue weighted by atomic mass is 32.2. The average molecular weight is 458 g/mol. The fourth-order valence-corrected chi connectivity index (χ4v) is 5.82. The molecular formula is C25H23N5O2S. The molecule has 6 aliphatic rings.